The molecular formula is C15H18BNO4. The summed E-state index contributed by atoms with van der Waals surface area (Å²) in [5, 5.41) is 9.11. The Bertz CT molecular complexity index is 603. The zero-order valence-electron chi connectivity index (χ0n) is 12.9. The molecule has 1 aromatic rings. The highest BCUT2D eigenvalue weighted by molar-refractivity contribution is 6.62. The molecule has 0 saturated carbocycles. The van der Waals surface area contributed by atoms with Crippen molar-refractivity contribution in [3.8, 4) is 6.07 Å². The molecule has 5 nitrogen and oxygen atoms in total. The highest BCUT2D eigenvalue weighted by atomic mass is 16.7. The van der Waals surface area contributed by atoms with E-state index in [1.165, 1.54) is 13.2 Å². The van der Waals surface area contributed by atoms with Crippen LogP contribution in [0.1, 0.15) is 43.6 Å². The summed E-state index contributed by atoms with van der Waals surface area (Å²) < 4.78 is 16.6. The maximum absolute atomic E-state index is 11.7. The first-order valence-corrected chi connectivity index (χ1v) is 6.69. The third kappa shape index (κ3) is 2.80. The highest BCUT2D eigenvalue weighted by Crippen LogP contribution is 2.36. The smallest absolute Gasteiger partial charge is 0.465 e. The van der Waals surface area contributed by atoms with E-state index in [1.807, 2.05) is 33.8 Å². The fraction of sp³-hybridized carbons (Fsp3) is 0.467. The number of carbonyl (C=O) groups is 1. The number of nitrogens with zero attached hydrogens (tertiary/aromatic N) is 1. The highest BCUT2D eigenvalue weighted by Gasteiger charge is 2.51. The van der Waals surface area contributed by atoms with Crippen molar-refractivity contribution in [2.75, 3.05) is 7.11 Å². The molecule has 0 N–H and O–H groups in total. The minimum absolute atomic E-state index is 0.307. The van der Waals surface area contributed by atoms with Gasteiger partial charge in [0.05, 0.1) is 35.5 Å². The molecule has 2 rings (SSSR count). The van der Waals surface area contributed by atoms with E-state index < -0.39 is 24.3 Å². The van der Waals surface area contributed by atoms with Crippen molar-refractivity contribution in [2.45, 2.75) is 38.9 Å². The van der Waals surface area contributed by atoms with E-state index in [-0.39, 0.29) is 0 Å². The van der Waals surface area contributed by atoms with Crippen LogP contribution in [0.2, 0.25) is 0 Å². The van der Waals surface area contributed by atoms with Gasteiger partial charge in [0.15, 0.2) is 0 Å². The Hall–Kier alpha value is -1.84. The predicted molar refractivity (Wildman–Crippen MR) is 78.2 cm³/mol. The average Bonchev–Trinajstić information content (AvgIpc) is 2.66. The number of nitriles is 1. The van der Waals surface area contributed by atoms with Crippen LogP contribution in [0.4, 0.5) is 0 Å². The van der Waals surface area contributed by atoms with E-state index in [2.05, 4.69) is 0 Å². The van der Waals surface area contributed by atoms with Crippen LogP contribution < -0.4 is 5.46 Å². The van der Waals surface area contributed by atoms with Crippen LogP contribution >= 0.6 is 0 Å². The van der Waals surface area contributed by atoms with Gasteiger partial charge in [-0.3, -0.25) is 0 Å². The predicted octanol–water partition coefficient (Wildman–Crippen LogP) is 1.64. The van der Waals surface area contributed by atoms with Crippen LogP contribution in [0.15, 0.2) is 18.2 Å². The second-order valence-electron chi connectivity index (χ2n) is 6.04. The lowest BCUT2D eigenvalue weighted by Gasteiger charge is -2.32. The summed E-state index contributed by atoms with van der Waals surface area (Å²) in [7, 11) is 0.683. The van der Waals surface area contributed by atoms with Gasteiger partial charge in [-0.2, -0.15) is 5.26 Å². The number of benzene rings is 1. The third-order valence-electron chi connectivity index (χ3n) is 4.03. The molecule has 0 amide bonds. The van der Waals surface area contributed by atoms with Crippen molar-refractivity contribution in [3.05, 3.63) is 29.3 Å². The lowest BCUT2D eigenvalue weighted by molar-refractivity contribution is 0.00578. The van der Waals surface area contributed by atoms with Gasteiger partial charge in [0.2, 0.25) is 0 Å². The molecule has 0 bridgehead atoms. The Labute approximate surface area is 124 Å². The molecule has 1 aromatic carbocycles. The van der Waals surface area contributed by atoms with Crippen LogP contribution in [0.25, 0.3) is 0 Å². The first-order valence-electron chi connectivity index (χ1n) is 6.69. The molecule has 0 atom stereocenters. The van der Waals surface area contributed by atoms with Gasteiger partial charge in [-0.05, 0) is 51.4 Å². The number of esters is 1. The summed E-state index contributed by atoms with van der Waals surface area (Å²) in [4.78, 5) is 11.7. The summed E-state index contributed by atoms with van der Waals surface area (Å²) >= 11 is 0. The number of ether oxygens (including phenoxy) is 1. The zero-order chi connectivity index (χ0) is 15.8. The van der Waals surface area contributed by atoms with Crippen LogP contribution in [0, 0.1) is 11.3 Å². The molecule has 0 aromatic heterocycles. The van der Waals surface area contributed by atoms with Gasteiger partial charge in [-0.15, -0.1) is 0 Å². The third-order valence-corrected chi connectivity index (χ3v) is 4.03. The van der Waals surface area contributed by atoms with Crippen molar-refractivity contribution in [1.29, 1.82) is 5.26 Å². The quantitative estimate of drug-likeness (QED) is 0.611. The molecule has 1 aliphatic rings. The molecule has 0 spiro atoms. The summed E-state index contributed by atoms with van der Waals surface area (Å²) in [6, 6.07) is 6.81. The second kappa shape index (κ2) is 5.17. The largest absolute Gasteiger partial charge is 0.494 e. The van der Waals surface area contributed by atoms with E-state index in [4.69, 9.17) is 19.3 Å². The van der Waals surface area contributed by atoms with Crippen molar-refractivity contribution in [1.82, 2.24) is 0 Å². The van der Waals surface area contributed by atoms with Crippen LogP contribution in [-0.4, -0.2) is 31.4 Å². The van der Waals surface area contributed by atoms with E-state index >= 15 is 0 Å². The van der Waals surface area contributed by atoms with Gasteiger partial charge in [-0.25, -0.2) is 4.79 Å². The molecule has 1 aliphatic heterocycles. The normalized spacial score (nSPS) is 19.1. The second-order valence-corrected chi connectivity index (χ2v) is 6.04. The summed E-state index contributed by atoms with van der Waals surface area (Å²) in [5.41, 5.74) is 0.342. The Morgan fingerprint density at radius 3 is 2.24 bits per heavy atom. The summed E-state index contributed by atoms with van der Waals surface area (Å²) in [6.07, 6.45) is 0. The van der Waals surface area contributed by atoms with Crippen molar-refractivity contribution in [2.24, 2.45) is 0 Å². The fourth-order valence-corrected chi connectivity index (χ4v) is 2.07. The molecule has 6 heteroatoms. The Kier molecular flexibility index (Phi) is 3.83. The molecular weight excluding hydrogens is 269 g/mol. The van der Waals surface area contributed by atoms with E-state index in [0.29, 0.717) is 16.6 Å². The number of hydrogen-bond acceptors (Lipinski definition) is 5. The molecule has 1 fully saturated rings. The van der Waals surface area contributed by atoms with Crippen molar-refractivity contribution >= 4 is 18.6 Å². The number of methoxy groups -OCH3 is 1. The number of carbonyl (C=O) groups excluding carboxylic acids is 1. The lowest BCUT2D eigenvalue weighted by Crippen LogP contribution is -2.41. The minimum Gasteiger partial charge on any atom is -0.465 e. The van der Waals surface area contributed by atoms with E-state index in [1.54, 1.807) is 12.1 Å². The Balaban J connectivity index is 2.42. The average molecular weight is 287 g/mol. The summed E-state index contributed by atoms with van der Waals surface area (Å²) in [5.74, 6) is -0.495. The Morgan fingerprint density at radius 2 is 1.76 bits per heavy atom. The van der Waals surface area contributed by atoms with Gasteiger partial charge < -0.3 is 14.0 Å². The molecule has 110 valence electrons. The van der Waals surface area contributed by atoms with Crippen LogP contribution in [0.3, 0.4) is 0 Å². The van der Waals surface area contributed by atoms with Crippen molar-refractivity contribution < 1.29 is 18.8 Å². The molecule has 21 heavy (non-hydrogen) atoms. The zero-order valence-corrected chi connectivity index (χ0v) is 12.9. The minimum atomic E-state index is -0.619. The molecule has 0 radical (unpaired) electrons. The monoisotopic (exact) mass is 287 g/mol. The van der Waals surface area contributed by atoms with Gasteiger partial charge in [-0.1, -0.05) is 0 Å². The van der Waals surface area contributed by atoms with Crippen LogP contribution in [0.5, 0.6) is 0 Å². The topological polar surface area (TPSA) is 68.6 Å². The maximum Gasteiger partial charge on any atom is 0.494 e. The van der Waals surface area contributed by atoms with Crippen molar-refractivity contribution in [3.63, 3.8) is 0 Å². The van der Waals surface area contributed by atoms with E-state index in [9.17, 15) is 4.79 Å². The van der Waals surface area contributed by atoms with Gasteiger partial charge in [0.25, 0.3) is 0 Å². The van der Waals surface area contributed by atoms with Gasteiger partial charge in [0, 0.05) is 0 Å². The lowest BCUT2D eigenvalue weighted by atomic mass is 9.77. The molecule has 1 heterocycles. The van der Waals surface area contributed by atoms with Gasteiger partial charge in [0.1, 0.15) is 0 Å². The standard InChI is InChI=1S/C15H18BNO4/c1-14(2)15(3,4)21-16(20-14)12-7-10(9-17)6-11(8-12)13(18)19-5/h6-8H,1-5H3. The van der Waals surface area contributed by atoms with E-state index in [0.717, 1.165) is 0 Å². The first-order chi connectivity index (χ1) is 9.70. The SMILES string of the molecule is COC(=O)c1cc(C#N)cc(B2OC(C)(C)C(C)(C)O2)c1. The number of rotatable bonds is 2. The van der Waals surface area contributed by atoms with Crippen LogP contribution in [-0.2, 0) is 14.0 Å². The first kappa shape index (κ1) is 15.6. The summed E-state index contributed by atoms with van der Waals surface area (Å²) in [6.45, 7) is 7.79. The molecule has 0 unspecified atom stereocenters. The van der Waals surface area contributed by atoms with Gasteiger partial charge >= 0.3 is 13.1 Å². The molecule has 1 saturated heterocycles. The fourth-order valence-electron chi connectivity index (χ4n) is 2.07. The number of hydrogen-bond donors (Lipinski definition) is 0. The Morgan fingerprint density at radius 1 is 1.19 bits per heavy atom. The maximum atomic E-state index is 11.7. The molecule has 0 aliphatic carbocycles.